The molecule has 0 saturated heterocycles. The maximum absolute atomic E-state index is 15.4. The highest BCUT2D eigenvalue weighted by Gasteiger charge is 2.67. The van der Waals surface area contributed by atoms with Gasteiger partial charge in [-0.3, -0.25) is 14.5 Å². The van der Waals surface area contributed by atoms with Crippen LogP contribution in [0.4, 0.5) is 10.1 Å². The Bertz CT molecular complexity index is 2150. The van der Waals surface area contributed by atoms with Crippen LogP contribution in [0.15, 0.2) is 64.4 Å². The van der Waals surface area contributed by atoms with E-state index in [2.05, 4.69) is 25.9 Å². The van der Waals surface area contributed by atoms with Crippen LogP contribution < -0.4 is 9.64 Å². The molecule has 0 bridgehead atoms. The van der Waals surface area contributed by atoms with E-state index in [1.54, 1.807) is 6.07 Å². The molecule has 4 aromatic rings. The van der Waals surface area contributed by atoms with Gasteiger partial charge in [0.2, 0.25) is 5.78 Å². The van der Waals surface area contributed by atoms with Gasteiger partial charge < -0.3 is 23.7 Å². The zero-order chi connectivity index (χ0) is 37.7. The van der Waals surface area contributed by atoms with Crippen LogP contribution in [0.2, 0.25) is 18.1 Å². The fourth-order valence-corrected chi connectivity index (χ4v) is 10.0. The predicted molar refractivity (Wildman–Crippen MR) is 201 cm³/mol. The van der Waals surface area contributed by atoms with E-state index in [0.29, 0.717) is 35.1 Å². The summed E-state index contributed by atoms with van der Waals surface area (Å²) in [6, 6.07) is 13.7. The number of fused-ring (bicyclic) bond motifs is 5. The van der Waals surface area contributed by atoms with Crippen molar-refractivity contribution >= 4 is 36.3 Å². The minimum absolute atomic E-state index is 0.0209. The number of carbonyl (C=O) groups excluding carboxylic acids is 2. The second-order valence-electron chi connectivity index (χ2n) is 16.6. The zero-order valence-electron chi connectivity index (χ0n) is 31.7. The molecule has 274 valence electrons. The number of Topliss-reactive ketones (excluding diaryl/α,β-unsaturated/α-hetero) is 2. The summed E-state index contributed by atoms with van der Waals surface area (Å²) in [5.41, 5.74) is 2.04. The number of aliphatic hydroxyl groups excluding tert-OH is 1. The Morgan fingerprint density at radius 2 is 1.73 bits per heavy atom. The van der Waals surface area contributed by atoms with Gasteiger partial charge in [-0.2, -0.15) is 0 Å². The van der Waals surface area contributed by atoms with E-state index < -0.39 is 43.4 Å². The Morgan fingerprint density at radius 1 is 1.04 bits per heavy atom. The molecule has 0 fully saturated rings. The molecule has 52 heavy (non-hydrogen) atoms. The van der Waals surface area contributed by atoms with Gasteiger partial charge in [0.1, 0.15) is 23.7 Å². The fraction of sp³-hybridized carbons (Fsp3) is 0.439. The highest BCUT2D eigenvalue weighted by molar-refractivity contribution is 6.74. The first-order chi connectivity index (χ1) is 24.4. The van der Waals surface area contributed by atoms with Gasteiger partial charge in [0.25, 0.3) is 5.88 Å². The molecule has 0 aliphatic heterocycles. The standard InChI is InChI=1S/C41H48FN3O6Si/c1-22-27-20-25(42)16-17-26(27)33(44(5)6)28-18-24-19-29-34(45(7)8)36-32(39(43-50-36)49-21-23-14-12-11-13-15-23)38(48)41(29,51-52(9,10)40(2,3)4)37(47)31(24)35(46)30(22)28/h11-17,20,24,29,34,47H,18-19,21H2,1-10H3/t24-,29-,34-,41-/m0/s1. The normalized spacial score (nSPS) is 23.0. The maximum atomic E-state index is 15.4. The average Bonchev–Trinajstić information content (AvgIpc) is 3.48. The number of hydrogen-bond acceptors (Lipinski definition) is 9. The summed E-state index contributed by atoms with van der Waals surface area (Å²) in [5.74, 6) is -2.31. The van der Waals surface area contributed by atoms with Gasteiger partial charge in [-0.15, -0.1) is 0 Å². The number of ether oxygens (including phenoxy) is 1. The van der Waals surface area contributed by atoms with Gasteiger partial charge in [0, 0.05) is 42.2 Å². The first-order valence-electron chi connectivity index (χ1n) is 17.9. The maximum Gasteiger partial charge on any atom is 0.265 e. The second kappa shape index (κ2) is 12.4. The van der Waals surface area contributed by atoms with Crippen LogP contribution in [0.3, 0.4) is 0 Å². The molecule has 0 unspecified atom stereocenters. The van der Waals surface area contributed by atoms with E-state index >= 15 is 9.59 Å². The van der Waals surface area contributed by atoms with Gasteiger partial charge >= 0.3 is 0 Å². The van der Waals surface area contributed by atoms with Crippen molar-refractivity contribution in [3.8, 4) is 5.88 Å². The Kier molecular flexibility index (Phi) is 8.59. The first-order valence-corrected chi connectivity index (χ1v) is 20.8. The van der Waals surface area contributed by atoms with E-state index in [9.17, 15) is 9.50 Å². The molecule has 3 aromatic carbocycles. The van der Waals surface area contributed by atoms with E-state index in [-0.39, 0.29) is 40.2 Å². The van der Waals surface area contributed by atoms with E-state index in [1.165, 1.54) is 12.1 Å². The number of allylic oxidation sites excluding steroid dienone is 1. The average molecular weight is 726 g/mol. The Morgan fingerprint density at radius 3 is 2.37 bits per heavy atom. The van der Waals surface area contributed by atoms with Crippen molar-refractivity contribution in [3.63, 3.8) is 0 Å². The van der Waals surface area contributed by atoms with E-state index in [4.69, 9.17) is 13.7 Å². The van der Waals surface area contributed by atoms with Crippen molar-refractivity contribution in [3.05, 3.63) is 99.3 Å². The van der Waals surface area contributed by atoms with Crippen LogP contribution in [0.5, 0.6) is 5.88 Å². The Hall–Kier alpha value is -4.32. The molecule has 3 aliphatic rings. The van der Waals surface area contributed by atoms with Crippen molar-refractivity contribution in [2.45, 2.75) is 76.9 Å². The third-order valence-electron chi connectivity index (χ3n) is 11.9. The summed E-state index contributed by atoms with van der Waals surface area (Å²) in [6.45, 7) is 12.3. The molecule has 1 aromatic heterocycles. The highest BCUT2D eigenvalue weighted by Crippen LogP contribution is 2.60. The fourth-order valence-electron chi connectivity index (χ4n) is 8.55. The minimum Gasteiger partial charge on any atom is -0.508 e. The van der Waals surface area contributed by atoms with Crippen molar-refractivity contribution in [1.29, 1.82) is 0 Å². The van der Waals surface area contributed by atoms with Gasteiger partial charge in [-0.05, 0) is 103 Å². The number of nitrogens with zero attached hydrogens (tertiary/aromatic N) is 3. The number of aryl methyl sites for hydroxylation is 1. The molecule has 4 atom stereocenters. The van der Waals surface area contributed by atoms with Crippen molar-refractivity contribution in [2.24, 2.45) is 11.8 Å². The molecule has 3 aliphatic carbocycles. The van der Waals surface area contributed by atoms with E-state index in [1.807, 2.05) is 88.3 Å². The number of aromatic nitrogens is 1. The third-order valence-corrected chi connectivity index (χ3v) is 16.4. The number of halogens is 1. The smallest absolute Gasteiger partial charge is 0.265 e. The SMILES string of the molecule is Cc1c2c(c(N(C)C)c3ccc(F)cc13)C[C@H]1C[C@H]3[C@H](N(C)C)c4onc(OCc5ccccc5)c4C(=O)[C@@]3(O[Si](C)(C)C(C)(C)C)C(O)=C1C2=O. The molecule has 11 heteroatoms. The molecule has 0 amide bonds. The molecule has 1 heterocycles. The topological polar surface area (TPSA) is 105 Å². The lowest BCUT2D eigenvalue weighted by molar-refractivity contribution is -0.0480. The van der Waals surface area contributed by atoms with Crippen LogP contribution in [0.1, 0.15) is 76.4 Å². The molecule has 0 radical (unpaired) electrons. The summed E-state index contributed by atoms with van der Waals surface area (Å²) in [5, 5.41) is 18.3. The van der Waals surface area contributed by atoms with Crippen molar-refractivity contribution in [2.75, 3.05) is 33.1 Å². The van der Waals surface area contributed by atoms with Gasteiger partial charge in [0.15, 0.2) is 25.5 Å². The van der Waals surface area contributed by atoms with E-state index in [0.717, 1.165) is 22.2 Å². The number of rotatable bonds is 7. The minimum atomic E-state index is -2.86. The van der Waals surface area contributed by atoms with Crippen LogP contribution in [0.25, 0.3) is 10.8 Å². The number of hydrogen-bond donors (Lipinski definition) is 1. The van der Waals surface area contributed by atoms with Gasteiger partial charge in [0.05, 0.1) is 6.04 Å². The summed E-state index contributed by atoms with van der Waals surface area (Å²) < 4.78 is 34.1. The molecule has 0 spiro atoms. The number of carbonyl (C=O) groups is 2. The molecular formula is C41H48FN3O6Si. The van der Waals surface area contributed by atoms with Crippen molar-refractivity contribution in [1.82, 2.24) is 10.1 Å². The zero-order valence-corrected chi connectivity index (χ0v) is 32.7. The lowest BCUT2D eigenvalue weighted by atomic mass is 9.58. The van der Waals surface area contributed by atoms with Crippen LogP contribution >= 0.6 is 0 Å². The lowest BCUT2D eigenvalue weighted by Crippen LogP contribution is -2.65. The Balaban J connectivity index is 1.48. The first kappa shape index (κ1) is 36.1. The monoisotopic (exact) mass is 725 g/mol. The van der Waals surface area contributed by atoms with Crippen LogP contribution in [-0.4, -0.2) is 68.8 Å². The molecule has 0 saturated carbocycles. The van der Waals surface area contributed by atoms with Crippen LogP contribution in [-0.2, 0) is 17.5 Å². The number of aliphatic hydroxyl groups is 1. The molecular weight excluding hydrogens is 678 g/mol. The quantitative estimate of drug-likeness (QED) is 0.188. The van der Waals surface area contributed by atoms with Gasteiger partial charge in [-0.1, -0.05) is 51.1 Å². The predicted octanol–water partition coefficient (Wildman–Crippen LogP) is 8.37. The third kappa shape index (κ3) is 5.26. The second-order valence-corrected chi connectivity index (χ2v) is 21.3. The largest absolute Gasteiger partial charge is 0.508 e. The van der Waals surface area contributed by atoms with Gasteiger partial charge in [-0.25, -0.2) is 4.39 Å². The summed E-state index contributed by atoms with van der Waals surface area (Å²) in [6.07, 6.45) is 0.805. The molecule has 1 N–H and O–H groups in total. The summed E-state index contributed by atoms with van der Waals surface area (Å²) >= 11 is 0. The van der Waals surface area contributed by atoms with Crippen LogP contribution in [0, 0.1) is 24.6 Å². The molecule has 9 nitrogen and oxygen atoms in total. The molecule has 7 rings (SSSR count). The van der Waals surface area contributed by atoms with Crippen molar-refractivity contribution < 1.29 is 32.8 Å². The summed E-state index contributed by atoms with van der Waals surface area (Å²) in [7, 11) is 4.80. The summed E-state index contributed by atoms with van der Waals surface area (Å²) in [4.78, 5) is 34.4. The lowest BCUT2D eigenvalue weighted by Gasteiger charge is -2.55. The number of ketones is 2. The number of benzene rings is 3. The number of anilines is 1. The Labute approximate surface area is 305 Å². The highest BCUT2D eigenvalue weighted by atomic mass is 28.4.